The summed E-state index contributed by atoms with van der Waals surface area (Å²) < 4.78 is 11.0. The summed E-state index contributed by atoms with van der Waals surface area (Å²) >= 11 is 0. The van der Waals surface area contributed by atoms with Crippen molar-refractivity contribution in [3.8, 4) is 11.6 Å². The van der Waals surface area contributed by atoms with Crippen molar-refractivity contribution in [2.75, 3.05) is 30.5 Å². The molecule has 3 heterocycles. The monoisotopic (exact) mass is 330 g/mol. The normalized spacial score (nSPS) is 17.3. The maximum absolute atomic E-state index is 11.4. The van der Waals surface area contributed by atoms with Gasteiger partial charge in [-0.15, -0.1) is 0 Å². The number of hydrogen-bond donors (Lipinski definition) is 1. The molecule has 3 rings (SSSR count). The minimum Gasteiger partial charge on any atom is -0.458 e. The molecule has 0 aromatic carbocycles. The highest BCUT2D eigenvalue weighted by Crippen LogP contribution is 2.29. The molecule has 1 saturated heterocycles. The summed E-state index contributed by atoms with van der Waals surface area (Å²) in [6.45, 7) is 4.88. The highest BCUT2D eigenvalue weighted by atomic mass is 16.5. The summed E-state index contributed by atoms with van der Waals surface area (Å²) in [5, 5.41) is 2.74. The molecule has 7 nitrogen and oxygen atoms in total. The Morgan fingerprint density at radius 1 is 1.46 bits per heavy atom. The van der Waals surface area contributed by atoms with Crippen LogP contribution in [0.25, 0.3) is 11.6 Å². The molecule has 1 amide bonds. The standard InChI is InChI=1S/C17H22N4O3/c1-11-6-7-14(24-11)17-19-15(18-12(2)22)9-16(20-17)21-8-4-5-13(21)10-23-3/h6-7,9,13H,4-5,8,10H2,1-3H3,(H,18,19,20,22)/t13-/m0/s1. The van der Waals surface area contributed by atoms with Crippen molar-refractivity contribution in [2.24, 2.45) is 0 Å². The molecule has 7 heteroatoms. The molecule has 2 aromatic rings. The van der Waals surface area contributed by atoms with E-state index in [0.29, 0.717) is 24.0 Å². The van der Waals surface area contributed by atoms with Crippen LogP contribution in [0.2, 0.25) is 0 Å². The predicted octanol–water partition coefficient (Wildman–Crippen LogP) is 2.62. The second-order valence-corrected chi connectivity index (χ2v) is 5.97. The lowest BCUT2D eigenvalue weighted by Gasteiger charge is -2.25. The summed E-state index contributed by atoms with van der Waals surface area (Å²) in [6.07, 6.45) is 2.14. The Morgan fingerprint density at radius 3 is 2.96 bits per heavy atom. The van der Waals surface area contributed by atoms with Gasteiger partial charge < -0.3 is 19.4 Å². The van der Waals surface area contributed by atoms with Crippen LogP contribution in [0.4, 0.5) is 11.6 Å². The van der Waals surface area contributed by atoms with E-state index in [-0.39, 0.29) is 11.9 Å². The van der Waals surface area contributed by atoms with E-state index in [1.54, 1.807) is 13.2 Å². The van der Waals surface area contributed by atoms with Gasteiger partial charge in [-0.1, -0.05) is 0 Å². The molecule has 0 unspecified atom stereocenters. The molecule has 0 radical (unpaired) electrons. The van der Waals surface area contributed by atoms with Crippen LogP contribution in [-0.4, -0.2) is 42.2 Å². The molecule has 24 heavy (non-hydrogen) atoms. The van der Waals surface area contributed by atoms with Gasteiger partial charge in [0.05, 0.1) is 12.6 Å². The molecular weight excluding hydrogens is 308 g/mol. The number of anilines is 2. The van der Waals surface area contributed by atoms with Gasteiger partial charge in [0.2, 0.25) is 5.91 Å². The maximum Gasteiger partial charge on any atom is 0.222 e. The number of ether oxygens (including phenoxy) is 1. The second-order valence-electron chi connectivity index (χ2n) is 5.97. The number of hydrogen-bond acceptors (Lipinski definition) is 6. The molecule has 1 N–H and O–H groups in total. The van der Waals surface area contributed by atoms with Gasteiger partial charge in [-0.3, -0.25) is 4.79 Å². The van der Waals surface area contributed by atoms with Crippen LogP contribution >= 0.6 is 0 Å². The van der Waals surface area contributed by atoms with Crippen LogP contribution in [0.1, 0.15) is 25.5 Å². The van der Waals surface area contributed by atoms with Crippen molar-refractivity contribution in [3.63, 3.8) is 0 Å². The summed E-state index contributed by atoms with van der Waals surface area (Å²) in [5.41, 5.74) is 0. The highest BCUT2D eigenvalue weighted by molar-refractivity contribution is 5.88. The third kappa shape index (κ3) is 3.56. The quantitative estimate of drug-likeness (QED) is 0.908. The molecule has 0 bridgehead atoms. The van der Waals surface area contributed by atoms with Gasteiger partial charge in [0, 0.05) is 26.6 Å². The molecule has 128 valence electrons. The van der Waals surface area contributed by atoms with Crippen LogP contribution in [0.5, 0.6) is 0 Å². The van der Waals surface area contributed by atoms with E-state index in [1.165, 1.54) is 6.92 Å². The molecule has 1 atom stereocenters. The number of furan rings is 1. The molecule has 2 aromatic heterocycles. The Balaban J connectivity index is 1.99. The number of aryl methyl sites for hydroxylation is 1. The molecule has 1 aliphatic rings. The van der Waals surface area contributed by atoms with Crippen LogP contribution in [0.15, 0.2) is 22.6 Å². The minimum absolute atomic E-state index is 0.170. The first-order valence-electron chi connectivity index (χ1n) is 8.06. The molecule has 1 fully saturated rings. The van der Waals surface area contributed by atoms with E-state index in [2.05, 4.69) is 20.2 Å². The van der Waals surface area contributed by atoms with Crippen molar-refractivity contribution >= 4 is 17.5 Å². The lowest BCUT2D eigenvalue weighted by molar-refractivity contribution is -0.114. The number of carbonyl (C=O) groups excluding carboxylic acids is 1. The van der Waals surface area contributed by atoms with Gasteiger partial charge >= 0.3 is 0 Å². The third-order valence-corrected chi connectivity index (χ3v) is 4.01. The van der Waals surface area contributed by atoms with Gasteiger partial charge in [-0.05, 0) is 31.9 Å². The fourth-order valence-electron chi connectivity index (χ4n) is 2.99. The summed E-state index contributed by atoms with van der Waals surface area (Å²) in [5.74, 6) is 2.92. The Bertz CT molecular complexity index is 728. The van der Waals surface area contributed by atoms with Crippen molar-refractivity contribution in [1.82, 2.24) is 9.97 Å². The van der Waals surface area contributed by atoms with Crippen molar-refractivity contribution in [2.45, 2.75) is 32.7 Å². The number of nitrogens with zero attached hydrogens (tertiary/aromatic N) is 3. The number of methoxy groups -OCH3 is 1. The largest absolute Gasteiger partial charge is 0.458 e. The molecule has 0 aliphatic carbocycles. The number of aromatic nitrogens is 2. The zero-order valence-corrected chi connectivity index (χ0v) is 14.2. The average molecular weight is 330 g/mol. The Kier molecular flexibility index (Phi) is 4.80. The first-order chi connectivity index (χ1) is 11.6. The number of nitrogens with one attached hydrogen (secondary N) is 1. The van der Waals surface area contributed by atoms with Crippen LogP contribution in [-0.2, 0) is 9.53 Å². The van der Waals surface area contributed by atoms with Crippen molar-refractivity contribution < 1.29 is 13.9 Å². The van der Waals surface area contributed by atoms with Gasteiger partial charge in [0.1, 0.15) is 17.4 Å². The smallest absolute Gasteiger partial charge is 0.222 e. The first-order valence-corrected chi connectivity index (χ1v) is 8.06. The third-order valence-electron chi connectivity index (χ3n) is 4.01. The highest BCUT2D eigenvalue weighted by Gasteiger charge is 2.27. The lowest BCUT2D eigenvalue weighted by Crippen LogP contribution is -2.33. The predicted molar refractivity (Wildman–Crippen MR) is 91.0 cm³/mol. The van der Waals surface area contributed by atoms with Crippen LogP contribution < -0.4 is 10.2 Å². The summed E-state index contributed by atoms with van der Waals surface area (Å²) in [7, 11) is 1.70. The zero-order valence-electron chi connectivity index (χ0n) is 14.2. The van der Waals surface area contributed by atoms with Gasteiger partial charge in [-0.2, -0.15) is 0 Å². The van der Waals surface area contributed by atoms with Gasteiger partial charge in [-0.25, -0.2) is 9.97 Å². The van der Waals surface area contributed by atoms with E-state index in [9.17, 15) is 4.79 Å². The van der Waals surface area contributed by atoms with E-state index < -0.39 is 0 Å². The van der Waals surface area contributed by atoms with Crippen molar-refractivity contribution in [3.05, 3.63) is 24.0 Å². The SMILES string of the molecule is COC[C@@H]1CCCN1c1cc(NC(C)=O)nc(-c2ccc(C)o2)n1. The summed E-state index contributed by atoms with van der Waals surface area (Å²) in [6, 6.07) is 5.78. The second kappa shape index (κ2) is 7.00. The zero-order chi connectivity index (χ0) is 17.1. The minimum atomic E-state index is -0.170. The van der Waals surface area contributed by atoms with Crippen LogP contribution in [0.3, 0.4) is 0 Å². The van der Waals surface area contributed by atoms with Crippen molar-refractivity contribution in [1.29, 1.82) is 0 Å². The topological polar surface area (TPSA) is 80.5 Å². The van der Waals surface area contributed by atoms with E-state index in [4.69, 9.17) is 9.15 Å². The van der Waals surface area contributed by atoms with E-state index in [0.717, 1.165) is 31.0 Å². The van der Waals surface area contributed by atoms with E-state index >= 15 is 0 Å². The first kappa shape index (κ1) is 16.4. The van der Waals surface area contributed by atoms with Gasteiger partial charge in [0.25, 0.3) is 0 Å². The van der Waals surface area contributed by atoms with Crippen LogP contribution in [0, 0.1) is 6.92 Å². The summed E-state index contributed by atoms with van der Waals surface area (Å²) in [4.78, 5) is 22.7. The molecular formula is C17H22N4O3. The molecule has 0 saturated carbocycles. The van der Waals surface area contributed by atoms with E-state index in [1.807, 2.05) is 19.1 Å². The Labute approximate surface area is 141 Å². The fraction of sp³-hybridized carbons (Fsp3) is 0.471. The van der Waals surface area contributed by atoms with Gasteiger partial charge in [0.15, 0.2) is 11.6 Å². The average Bonchev–Trinajstić information content (AvgIpc) is 3.16. The maximum atomic E-state index is 11.4. The Hall–Kier alpha value is -2.41. The lowest BCUT2D eigenvalue weighted by atomic mass is 10.2. The Morgan fingerprint density at radius 2 is 2.29 bits per heavy atom. The molecule has 0 spiro atoms. The number of amides is 1. The number of carbonyl (C=O) groups is 1. The molecule has 1 aliphatic heterocycles. The number of rotatable bonds is 5. The fourth-order valence-corrected chi connectivity index (χ4v) is 2.99.